The van der Waals surface area contributed by atoms with Gasteiger partial charge in [-0.05, 0) is 39.9 Å². The minimum absolute atomic E-state index is 0. The van der Waals surface area contributed by atoms with E-state index in [9.17, 15) is 4.39 Å². The van der Waals surface area contributed by atoms with Gasteiger partial charge in [0, 0.05) is 36.6 Å². The van der Waals surface area contributed by atoms with E-state index in [2.05, 4.69) is 122 Å². The van der Waals surface area contributed by atoms with Gasteiger partial charge in [0.2, 0.25) is 0 Å². The molecule has 0 spiro atoms. The Morgan fingerprint density at radius 3 is 2.23 bits per heavy atom. The van der Waals surface area contributed by atoms with Crippen molar-refractivity contribution >= 4 is 49.2 Å². The zero-order chi connectivity index (χ0) is 33.1. The van der Waals surface area contributed by atoms with E-state index in [1.54, 1.807) is 6.07 Å². The van der Waals surface area contributed by atoms with Gasteiger partial charge in [0.1, 0.15) is 0 Å². The monoisotopic (exact) mass is 889 g/mol. The zero-order valence-electron chi connectivity index (χ0n) is 28.2. The number of rotatable bonds is 6. The topological polar surface area (TPSA) is 25.8 Å². The van der Waals surface area contributed by atoms with E-state index in [0.717, 1.165) is 28.9 Å². The molecular weight excluding hydrogens is 848 g/mol. The van der Waals surface area contributed by atoms with Crippen LogP contribution < -0.4 is 4.40 Å². The largest absolute Gasteiger partial charge is 0.304 e. The molecule has 0 saturated heterocycles. The summed E-state index contributed by atoms with van der Waals surface area (Å²) in [5.74, 6) is 7.53. The SMILES string of the molecule is CC(C)Cc1cc(-c2[c-]cc(F)cc2)nc[c]1[Ge]([CH3])([CH3])[CH3].Cc1cc(-c2[c-]ccc3c2sc2ccccc23)ncc1-c1ccccc1.[Ir]. The van der Waals surface area contributed by atoms with Crippen LogP contribution in [-0.4, -0.2) is 23.2 Å². The average molecular weight is 888 g/mol. The Morgan fingerprint density at radius 2 is 1.54 bits per heavy atom. The minimum atomic E-state index is -1.93. The fourth-order valence-corrected chi connectivity index (χ4v) is 10.5. The van der Waals surface area contributed by atoms with Crippen molar-refractivity contribution in [2.45, 2.75) is 44.5 Å². The average Bonchev–Trinajstić information content (AvgIpc) is 3.44. The number of hydrogen-bond donors (Lipinski definition) is 0. The van der Waals surface area contributed by atoms with Gasteiger partial charge in [-0.3, -0.25) is 0 Å². The molecule has 7 aromatic rings. The number of pyridine rings is 2. The van der Waals surface area contributed by atoms with Gasteiger partial charge >= 0.3 is 130 Å². The van der Waals surface area contributed by atoms with Crippen molar-refractivity contribution in [3.8, 4) is 33.6 Å². The van der Waals surface area contributed by atoms with Crippen molar-refractivity contribution in [2.75, 3.05) is 0 Å². The quantitative estimate of drug-likeness (QED) is 0.123. The van der Waals surface area contributed by atoms with E-state index in [4.69, 9.17) is 4.98 Å². The Hall–Kier alpha value is -3.48. The Morgan fingerprint density at radius 1 is 0.812 bits per heavy atom. The molecule has 4 aromatic carbocycles. The summed E-state index contributed by atoms with van der Waals surface area (Å²) in [6, 6.07) is 38.5. The maximum Gasteiger partial charge on any atom is 0.0242 e. The van der Waals surface area contributed by atoms with Gasteiger partial charge in [0.05, 0.1) is 0 Å². The number of aryl methyl sites for hydroxylation is 1. The zero-order valence-corrected chi connectivity index (χ0v) is 33.5. The van der Waals surface area contributed by atoms with Crippen LogP contribution in [0.15, 0.2) is 109 Å². The normalized spacial score (nSPS) is 11.3. The molecule has 0 bridgehead atoms. The molecule has 1 radical (unpaired) electrons. The first-order chi connectivity index (χ1) is 22.6. The standard InChI is InChI=1S/C24H16NS.C18H23FGeN.Ir/c1-16-14-22(25-15-21(16)17-8-3-2-4-9-17)20-12-7-11-19-18-10-5-6-13-23(18)26-24(19)20;1-13(2)10-15-11-18(14-6-8-16(19)9-7-14)21-12-17(15)20(3,4)5;/h2-11,13-15H,1H3;6,8-9,11-13H,10H2,1-5H3;/q2*-1;. The summed E-state index contributed by atoms with van der Waals surface area (Å²) in [7, 11) is 0. The van der Waals surface area contributed by atoms with Crippen LogP contribution in [-0.2, 0) is 26.5 Å². The summed E-state index contributed by atoms with van der Waals surface area (Å²) in [5.41, 5.74) is 8.83. The number of benzene rings is 4. The van der Waals surface area contributed by atoms with Gasteiger partial charge < -0.3 is 4.98 Å². The van der Waals surface area contributed by atoms with E-state index in [0.29, 0.717) is 5.92 Å². The van der Waals surface area contributed by atoms with E-state index in [-0.39, 0.29) is 25.9 Å². The van der Waals surface area contributed by atoms with Gasteiger partial charge in [-0.2, -0.15) is 11.3 Å². The van der Waals surface area contributed by atoms with Crippen LogP contribution in [0.5, 0.6) is 0 Å². The molecule has 0 aliphatic carbocycles. The van der Waals surface area contributed by atoms with Gasteiger partial charge in [-0.15, -0.1) is 23.8 Å². The fourth-order valence-electron chi connectivity index (χ4n) is 5.99. The molecule has 0 saturated carbocycles. The van der Waals surface area contributed by atoms with Crippen LogP contribution in [0.1, 0.15) is 25.0 Å². The Kier molecular flexibility index (Phi) is 11.5. The molecule has 0 atom stereocenters. The minimum Gasteiger partial charge on any atom is -0.304 e. The molecule has 0 aliphatic rings. The molecule has 6 heteroatoms. The van der Waals surface area contributed by atoms with Gasteiger partial charge in [-0.1, -0.05) is 60.0 Å². The van der Waals surface area contributed by atoms with Crippen molar-refractivity contribution in [3.63, 3.8) is 0 Å². The van der Waals surface area contributed by atoms with Gasteiger partial charge in [-0.25, -0.2) is 0 Å². The number of fused-ring (bicyclic) bond motifs is 3. The van der Waals surface area contributed by atoms with Crippen molar-refractivity contribution in [2.24, 2.45) is 5.92 Å². The van der Waals surface area contributed by atoms with Crippen molar-refractivity contribution in [1.82, 2.24) is 9.97 Å². The third-order valence-corrected chi connectivity index (χ3v) is 13.8. The second kappa shape index (κ2) is 15.4. The number of halogens is 1. The molecule has 0 amide bonds. The summed E-state index contributed by atoms with van der Waals surface area (Å²) in [5, 5.41) is 2.59. The van der Waals surface area contributed by atoms with Crippen LogP contribution in [0, 0.1) is 30.8 Å². The maximum absolute atomic E-state index is 13.0. The van der Waals surface area contributed by atoms with Crippen molar-refractivity contribution in [3.05, 3.63) is 139 Å². The molecule has 0 fully saturated rings. The second-order valence-corrected chi connectivity index (χ2v) is 25.1. The van der Waals surface area contributed by atoms with Crippen molar-refractivity contribution in [1.29, 1.82) is 0 Å². The molecule has 0 N–H and O–H groups in total. The number of nitrogens with zero attached hydrogens (tertiary/aromatic N) is 2. The molecule has 245 valence electrons. The van der Waals surface area contributed by atoms with E-state index >= 15 is 0 Å². The first kappa shape index (κ1) is 35.8. The van der Waals surface area contributed by atoms with Crippen LogP contribution in [0.4, 0.5) is 4.39 Å². The summed E-state index contributed by atoms with van der Waals surface area (Å²) in [4.78, 5) is 9.39. The first-order valence-electron chi connectivity index (χ1n) is 16.1. The molecule has 0 aliphatic heterocycles. The predicted octanol–water partition coefficient (Wildman–Crippen LogP) is 11.3. The van der Waals surface area contributed by atoms with Crippen LogP contribution in [0.25, 0.3) is 53.8 Å². The van der Waals surface area contributed by atoms with Gasteiger partial charge in [0.25, 0.3) is 0 Å². The van der Waals surface area contributed by atoms with Crippen LogP contribution >= 0.6 is 11.3 Å². The smallest absolute Gasteiger partial charge is 0.0242 e. The van der Waals surface area contributed by atoms with E-state index in [1.165, 1.54) is 59.0 Å². The Bertz CT molecular complexity index is 2150. The number of hydrogen-bond acceptors (Lipinski definition) is 3. The third kappa shape index (κ3) is 8.03. The Labute approximate surface area is 304 Å². The van der Waals surface area contributed by atoms with Crippen LogP contribution in [0.3, 0.4) is 0 Å². The summed E-state index contributed by atoms with van der Waals surface area (Å²) < 4.78 is 17.1. The molecule has 2 nitrogen and oxygen atoms in total. The summed E-state index contributed by atoms with van der Waals surface area (Å²) in [6.07, 6.45) is 5.10. The second-order valence-electron chi connectivity index (χ2n) is 13.4. The van der Waals surface area contributed by atoms with Gasteiger partial charge in [0.15, 0.2) is 0 Å². The Balaban J connectivity index is 0.000000189. The molecule has 0 unspecified atom stereocenters. The third-order valence-electron chi connectivity index (χ3n) is 8.27. The molecule has 3 heterocycles. The molecule has 48 heavy (non-hydrogen) atoms. The fraction of sp³-hybridized carbons (Fsp3) is 0.190. The summed E-state index contributed by atoms with van der Waals surface area (Å²) in [6.45, 7) is 6.63. The van der Waals surface area contributed by atoms with E-state index < -0.39 is 13.3 Å². The van der Waals surface area contributed by atoms with Crippen LogP contribution in [0.2, 0.25) is 17.3 Å². The maximum atomic E-state index is 13.0. The number of aromatic nitrogens is 2. The van der Waals surface area contributed by atoms with Crippen molar-refractivity contribution < 1.29 is 24.5 Å². The molecular formula is C42H39FGeIrN2S-2. The molecule has 3 aromatic heterocycles. The number of thiophene rings is 1. The first-order valence-corrected chi connectivity index (χ1v) is 24.3. The molecule has 7 rings (SSSR count). The summed E-state index contributed by atoms with van der Waals surface area (Å²) >= 11 is -0.111. The van der Waals surface area contributed by atoms with E-state index in [1.807, 2.05) is 35.9 Å². The predicted molar refractivity (Wildman–Crippen MR) is 202 cm³/mol.